The molecule has 0 spiro atoms. The Kier molecular flexibility index (Phi) is 4.06. The number of carbonyl (C=O) groups excluding carboxylic acids is 1. The maximum atomic E-state index is 12.2. The average molecular weight is 318 g/mol. The van der Waals surface area contributed by atoms with E-state index in [4.69, 9.17) is 22.5 Å². The van der Waals surface area contributed by atoms with Crippen molar-refractivity contribution in [3.63, 3.8) is 0 Å². The Hall–Kier alpha value is -1.15. The summed E-state index contributed by atoms with van der Waals surface area (Å²) >= 11 is 5.96. The number of amides is 1. The van der Waals surface area contributed by atoms with E-state index in [0.717, 1.165) is 19.3 Å². The molecular formula is C12H16ClN3O3S. The standard InChI is InChI=1S/C12H16ClN3O3S/c13-9-3-2-8(20(15,18)19)6-10(9)16-11(17)12(7-14)4-1-5-12/h2-3,6H,1,4-5,7,14H2,(H,16,17)(H2,15,18,19). The highest BCUT2D eigenvalue weighted by Gasteiger charge is 2.42. The summed E-state index contributed by atoms with van der Waals surface area (Å²) in [4.78, 5) is 12.1. The minimum atomic E-state index is -3.85. The van der Waals surface area contributed by atoms with Crippen LogP contribution in [0.4, 0.5) is 5.69 Å². The molecule has 1 fully saturated rings. The summed E-state index contributed by atoms with van der Waals surface area (Å²) in [6, 6.07) is 3.92. The fraction of sp³-hybridized carbons (Fsp3) is 0.417. The van der Waals surface area contributed by atoms with Crippen LogP contribution in [0.25, 0.3) is 0 Å². The lowest BCUT2D eigenvalue weighted by molar-refractivity contribution is -0.129. The second kappa shape index (κ2) is 5.33. The summed E-state index contributed by atoms with van der Waals surface area (Å²) in [6.45, 7) is 0.255. The van der Waals surface area contributed by atoms with E-state index in [2.05, 4.69) is 5.32 Å². The van der Waals surface area contributed by atoms with Crippen molar-refractivity contribution in [2.75, 3.05) is 11.9 Å². The summed E-state index contributed by atoms with van der Waals surface area (Å²) in [5, 5.41) is 7.95. The van der Waals surface area contributed by atoms with Gasteiger partial charge >= 0.3 is 0 Å². The first-order valence-corrected chi connectivity index (χ1v) is 8.05. The number of halogens is 1. The van der Waals surface area contributed by atoms with Gasteiger partial charge in [0.1, 0.15) is 0 Å². The molecule has 0 atom stereocenters. The molecule has 1 aliphatic rings. The van der Waals surface area contributed by atoms with Gasteiger partial charge in [-0.15, -0.1) is 0 Å². The predicted octanol–water partition coefficient (Wildman–Crippen LogP) is 1.05. The van der Waals surface area contributed by atoms with Crippen LogP contribution in [-0.2, 0) is 14.8 Å². The third kappa shape index (κ3) is 2.80. The lowest BCUT2D eigenvalue weighted by atomic mass is 9.68. The second-order valence-corrected chi connectivity index (χ2v) is 6.95. The summed E-state index contributed by atoms with van der Waals surface area (Å²) in [5.74, 6) is -0.236. The molecule has 0 heterocycles. The van der Waals surface area contributed by atoms with Gasteiger partial charge in [-0.2, -0.15) is 0 Å². The molecule has 2 rings (SSSR count). The Morgan fingerprint density at radius 1 is 1.40 bits per heavy atom. The van der Waals surface area contributed by atoms with Gasteiger partial charge in [0.2, 0.25) is 15.9 Å². The molecule has 0 aromatic heterocycles. The highest BCUT2D eigenvalue weighted by atomic mass is 35.5. The van der Waals surface area contributed by atoms with Gasteiger partial charge in [0, 0.05) is 6.54 Å². The average Bonchev–Trinajstić information content (AvgIpc) is 2.29. The van der Waals surface area contributed by atoms with Gasteiger partial charge in [-0.3, -0.25) is 4.79 Å². The predicted molar refractivity (Wildman–Crippen MR) is 76.8 cm³/mol. The van der Waals surface area contributed by atoms with Crippen molar-refractivity contribution in [1.29, 1.82) is 0 Å². The molecule has 6 nitrogen and oxygen atoms in total. The molecule has 110 valence electrons. The molecule has 1 aromatic rings. The molecular weight excluding hydrogens is 302 g/mol. The molecule has 0 unspecified atom stereocenters. The number of carbonyl (C=O) groups is 1. The Balaban J connectivity index is 2.27. The quantitative estimate of drug-likeness (QED) is 0.769. The van der Waals surface area contributed by atoms with E-state index in [0.29, 0.717) is 0 Å². The zero-order valence-electron chi connectivity index (χ0n) is 10.7. The van der Waals surface area contributed by atoms with Gasteiger partial charge in [0.25, 0.3) is 0 Å². The fourth-order valence-electron chi connectivity index (χ4n) is 2.16. The fourth-order valence-corrected chi connectivity index (χ4v) is 2.86. The van der Waals surface area contributed by atoms with E-state index >= 15 is 0 Å². The SMILES string of the molecule is NCC1(C(=O)Nc2cc(S(N)(=O)=O)ccc2Cl)CCC1. The van der Waals surface area contributed by atoms with Crippen molar-refractivity contribution in [2.45, 2.75) is 24.2 Å². The number of nitrogens with one attached hydrogen (secondary N) is 1. The van der Waals surface area contributed by atoms with Crippen molar-refractivity contribution in [2.24, 2.45) is 16.3 Å². The number of sulfonamides is 1. The van der Waals surface area contributed by atoms with E-state index < -0.39 is 15.4 Å². The van der Waals surface area contributed by atoms with Gasteiger partial charge in [0.15, 0.2) is 0 Å². The second-order valence-electron chi connectivity index (χ2n) is 4.98. The van der Waals surface area contributed by atoms with E-state index in [1.165, 1.54) is 18.2 Å². The largest absolute Gasteiger partial charge is 0.329 e. The molecule has 0 bridgehead atoms. The first-order valence-electron chi connectivity index (χ1n) is 6.12. The molecule has 8 heteroatoms. The van der Waals surface area contributed by atoms with Crippen LogP contribution in [0.15, 0.2) is 23.1 Å². The third-order valence-electron chi connectivity index (χ3n) is 3.70. The van der Waals surface area contributed by atoms with Crippen LogP contribution >= 0.6 is 11.6 Å². The molecule has 1 aromatic carbocycles. The molecule has 1 amide bonds. The van der Waals surface area contributed by atoms with Gasteiger partial charge in [-0.25, -0.2) is 13.6 Å². The van der Waals surface area contributed by atoms with Crippen molar-refractivity contribution in [3.8, 4) is 0 Å². The number of rotatable bonds is 4. The molecule has 0 radical (unpaired) electrons. The maximum absolute atomic E-state index is 12.2. The summed E-state index contributed by atoms with van der Waals surface area (Å²) in [7, 11) is -3.85. The molecule has 1 saturated carbocycles. The third-order valence-corrected chi connectivity index (χ3v) is 4.94. The monoisotopic (exact) mass is 317 g/mol. The summed E-state index contributed by atoms with van der Waals surface area (Å²) in [6.07, 6.45) is 2.40. The zero-order chi connectivity index (χ0) is 15.0. The minimum absolute atomic E-state index is 0.104. The Morgan fingerprint density at radius 2 is 2.05 bits per heavy atom. The maximum Gasteiger partial charge on any atom is 0.238 e. The van der Waals surface area contributed by atoms with Crippen LogP contribution in [-0.4, -0.2) is 20.9 Å². The van der Waals surface area contributed by atoms with E-state index in [9.17, 15) is 13.2 Å². The molecule has 1 aliphatic carbocycles. The van der Waals surface area contributed by atoms with Crippen LogP contribution in [0, 0.1) is 5.41 Å². The lowest BCUT2D eigenvalue weighted by Crippen LogP contribution is -2.47. The Labute approximate surface area is 122 Å². The number of primary sulfonamides is 1. The zero-order valence-corrected chi connectivity index (χ0v) is 12.3. The summed E-state index contributed by atoms with van der Waals surface area (Å²) in [5.41, 5.74) is 5.31. The van der Waals surface area contributed by atoms with Crippen molar-refractivity contribution < 1.29 is 13.2 Å². The Bertz CT molecular complexity index is 636. The molecule has 5 N–H and O–H groups in total. The van der Waals surface area contributed by atoms with E-state index in [1.54, 1.807) is 0 Å². The van der Waals surface area contributed by atoms with E-state index in [-0.39, 0.29) is 28.1 Å². The van der Waals surface area contributed by atoms with Gasteiger partial charge in [-0.05, 0) is 31.0 Å². The normalized spacial score (nSPS) is 17.4. The van der Waals surface area contributed by atoms with Gasteiger partial charge in [-0.1, -0.05) is 18.0 Å². The van der Waals surface area contributed by atoms with Crippen LogP contribution in [0.3, 0.4) is 0 Å². The number of anilines is 1. The van der Waals surface area contributed by atoms with E-state index in [1.807, 2.05) is 0 Å². The number of hydrogen-bond acceptors (Lipinski definition) is 4. The first-order chi connectivity index (χ1) is 9.28. The smallest absolute Gasteiger partial charge is 0.238 e. The van der Waals surface area contributed by atoms with Gasteiger partial charge < -0.3 is 11.1 Å². The minimum Gasteiger partial charge on any atom is -0.329 e. The van der Waals surface area contributed by atoms with Crippen molar-refractivity contribution in [1.82, 2.24) is 0 Å². The molecule has 20 heavy (non-hydrogen) atoms. The first kappa shape index (κ1) is 15.2. The molecule has 0 saturated heterocycles. The number of hydrogen-bond donors (Lipinski definition) is 3. The Morgan fingerprint density at radius 3 is 2.50 bits per heavy atom. The molecule has 0 aliphatic heterocycles. The van der Waals surface area contributed by atoms with Crippen LogP contribution < -0.4 is 16.2 Å². The van der Waals surface area contributed by atoms with Crippen LogP contribution in [0.2, 0.25) is 5.02 Å². The summed E-state index contributed by atoms with van der Waals surface area (Å²) < 4.78 is 22.6. The number of nitrogens with two attached hydrogens (primary N) is 2. The van der Waals surface area contributed by atoms with Gasteiger partial charge in [0.05, 0.1) is 21.0 Å². The lowest BCUT2D eigenvalue weighted by Gasteiger charge is -2.39. The van der Waals surface area contributed by atoms with Crippen LogP contribution in [0.1, 0.15) is 19.3 Å². The highest BCUT2D eigenvalue weighted by Crippen LogP contribution is 2.41. The van der Waals surface area contributed by atoms with Crippen molar-refractivity contribution >= 4 is 33.2 Å². The number of benzene rings is 1. The topological polar surface area (TPSA) is 115 Å². The van der Waals surface area contributed by atoms with Crippen molar-refractivity contribution in [3.05, 3.63) is 23.2 Å². The highest BCUT2D eigenvalue weighted by molar-refractivity contribution is 7.89. The van der Waals surface area contributed by atoms with Crippen LogP contribution in [0.5, 0.6) is 0 Å².